The van der Waals surface area contributed by atoms with Crippen molar-refractivity contribution in [1.29, 1.82) is 0 Å². The summed E-state index contributed by atoms with van der Waals surface area (Å²) in [6, 6.07) is 63.7. The predicted molar refractivity (Wildman–Crippen MR) is 217 cm³/mol. The Labute approximate surface area is 298 Å². The third-order valence-electron chi connectivity index (χ3n) is 10.4. The first kappa shape index (κ1) is 28.4. The summed E-state index contributed by atoms with van der Waals surface area (Å²) in [6.07, 6.45) is 0. The zero-order chi connectivity index (χ0) is 33.5. The average Bonchev–Trinajstić information content (AvgIpc) is 3.87. The minimum atomic E-state index is 0.913. The molecule has 0 unspecified atom stereocenters. The van der Waals surface area contributed by atoms with Crippen molar-refractivity contribution >= 4 is 75.3 Å². The van der Waals surface area contributed by atoms with Gasteiger partial charge in [-0.2, -0.15) is 0 Å². The third kappa shape index (κ3) is 4.42. The molecule has 0 saturated heterocycles. The molecule has 0 fully saturated rings. The van der Waals surface area contributed by atoms with E-state index in [4.69, 9.17) is 4.42 Å². The molecule has 0 bridgehead atoms. The lowest BCUT2D eigenvalue weighted by atomic mass is 9.95. The lowest BCUT2D eigenvalue weighted by Gasteiger charge is -2.09. The molecular weight excluding hydrogens is 639 g/mol. The standard InChI is InChI=1S/C48H29NOS/c1-3-11-30(12-4-1)38-28-34(29-42-37-16-8-10-18-45(37)50-48(38)42)33-21-24-47-41(27-33)40-26-32(20-23-46(40)51-47)31-19-22-44-39(25-31)36-15-7-9-17-43(36)49(44)35-13-5-2-6-14-35/h1-29H. The number of thiophene rings is 1. The number of nitrogens with zero attached hydrogens (tertiary/aromatic N) is 1. The number of aromatic nitrogens is 1. The zero-order valence-electron chi connectivity index (χ0n) is 27.5. The molecule has 8 aromatic carbocycles. The van der Waals surface area contributed by atoms with Crippen molar-refractivity contribution in [1.82, 2.24) is 4.57 Å². The van der Waals surface area contributed by atoms with Crippen LogP contribution in [0.5, 0.6) is 0 Å². The van der Waals surface area contributed by atoms with Crippen molar-refractivity contribution < 1.29 is 4.42 Å². The van der Waals surface area contributed by atoms with Crippen molar-refractivity contribution in [2.24, 2.45) is 0 Å². The van der Waals surface area contributed by atoms with Gasteiger partial charge in [0.2, 0.25) is 0 Å². The molecule has 0 aliphatic rings. The van der Waals surface area contributed by atoms with Gasteiger partial charge in [0, 0.05) is 53.0 Å². The Morgan fingerprint density at radius 1 is 0.373 bits per heavy atom. The molecule has 238 valence electrons. The molecule has 11 aromatic rings. The van der Waals surface area contributed by atoms with Gasteiger partial charge in [0.05, 0.1) is 11.0 Å². The largest absolute Gasteiger partial charge is 0.455 e. The summed E-state index contributed by atoms with van der Waals surface area (Å²) in [7, 11) is 0. The smallest absolute Gasteiger partial charge is 0.143 e. The Kier molecular flexibility index (Phi) is 6.16. The molecule has 3 aromatic heterocycles. The van der Waals surface area contributed by atoms with Crippen LogP contribution in [0.3, 0.4) is 0 Å². The van der Waals surface area contributed by atoms with E-state index in [9.17, 15) is 0 Å². The van der Waals surface area contributed by atoms with Crippen LogP contribution >= 0.6 is 11.3 Å². The fraction of sp³-hybridized carbons (Fsp3) is 0. The van der Waals surface area contributed by atoms with Crippen LogP contribution in [-0.2, 0) is 0 Å². The molecular formula is C48H29NOS. The van der Waals surface area contributed by atoms with E-state index in [1.54, 1.807) is 0 Å². The van der Waals surface area contributed by atoms with Crippen molar-refractivity contribution in [3.63, 3.8) is 0 Å². The first-order valence-electron chi connectivity index (χ1n) is 17.3. The molecule has 0 aliphatic heterocycles. The van der Waals surface area contributed by atoms with Crippen molar-refractivity contribution in [2.75, 3.05) is 0 Å². The maximum atomic E-state index is 6.47. The van der Waals surface area contributed by atoms with Crippen molar-refractivity contribution in [3.05, 3.63) is 176 Å². The molecule has 2 nitrogen and oxygen atoms in total. The van der Waals surface area contributed by atoms with E-state index in [0.29, 0.717) is 0 Å². The fourth-order valence-electron chi connectivity index (χ4n) is 7.97. The minimum Gasteiger partial charge on any atom is -0.455 e. The molecule has 3 heteroatoms. The quantitative estimate of drug-likeness (QED) is 0.183. The maximum Gasteiger partial charge on any atom is 0.143 e. The van der Waals surface area contributed by atoms with E-state index in [1.165, 1.54) is 69.9 Å². The molecule has 51 heavy (non-hydrogen) atoms. The number of furan rings is 1. The Morgan fingerprint density at radius 2 is 0.941 bits per heavy atom. The van der Waals surface area contributed by atoms with Gasteiger partial charge in [-0.25, -0.2) is 0 Å². The van der Waals surface area contributed by atoms with Crippen LogP contribution in [0.1, 0.15) is 0 Å². The Balaban J connectivity index is 1.08. The average molecular weight is 668 g/mol. The summed E-state index contributed by atoms with van der Waals surface area (Å²) in [5.41, 5.74) is 12.6. The number of hydrogen-bond donors (Lipinski definition) is 0. The second-order valence-electron chi connectivity index (χ2n) is 13.3. The van der Waals surface area contributed by atoms with Crippen LogP contribution < -0.4 is 0 Å². The first-order valence-corrected chi connectivity index (χ1v) is 18.1. The molecule has 0 saturated carbocycles. The Bertz CT molecular complexity index is 3130. The Morgan fingerprint density at radius 3 is 1.71 bits per heavy atom. The van der Waals surface area contributed by atoms with Gasteiger partial charge in [-0.3, -0.25) is 0 Å². The normalized spacial score (nSPS) is 11.9. The van der Waals surface area contributed by atoms with E-state index in [0.717, 1.165) is 33.1 Å². The van der Waals surface area contributed by atoms with Gasteiger partial charge in [-0.05, 0) is 101 Å². The van der Waals surface area contributed by atoms with E-state index >= 15 is 0 Å². The molecule has 0 atom stereocenters. The van der Waals surface area contributed by atoms with Crippen LogP contribution in [0.15, 0.2) is 180 Å². The van der Waals surface area contributed by atoms with Crippen LogP contribution in [0.2, 0.25) is 0 Å². The SMILES string of the molecule is c1ccc(-c2cc(-c3ccc4sc5ccc(-c6ccc7c(c6)c6ccccc6n7-c6ccccc6)cc5c4c3)cc3c2oc2ccccc23)cc1. The third-order valence-corrected chi connectivity index (χ3v) is 11.5. The molecule has 0 amide bonds. The molecule has 0 spiro atoms. The molecule has 3 heterocycles. The Hall–Kier alpha value is -6.42. The summed E-state index contributed by atoms with van der Waals surface area (Å²) in [5.74, 6) is 0. The first-order chi connectivity index (χ1) is 25.3. The van der Waals surface area contributed by atoms with Gasteiger partial charge in [0.15, 0.2) is 0 Å². The van der Waals surface area contributed by atoms with Crippen LogP contribution in [-0.4, -0.2) is 4.57 Å². The summed E-state index contributed by atoms with van der Waals surface area (Å²) in [4.78, 5) is 0. The maximum absolute atomic E-state index is 6.47. The molecule has 0 aliphatic carbocycles. The summed E-state index contributed by atoms with van der Waals surface area (Å²) in [6.45, 7) is 0. The van der Waals surface area contributed by atoms with Crippen LogP contribution in [0, 0.1) is 0 Å². The van der Waals surface area contributed by atoms with Crippen LogP contribution in [0.4, 0.5) is 0 Å². The number of hydrogen-bond acceptors (Lipinski definition) is 2. The second-order valence-corrected chi connectivity index (χ2v) is 14.4. The number of para-hydroxylation sites is 3. The predicted octanol–water partition coefficient (Wildman–Crippen LogP) is 14.1. The highest BCUT2D eigenvalue weighted by Gasteiger charge is 2.17. The second kappa shape index (κ2) is 11.0. The lowest BCUT2D eigenvalue weighted by molar-refractivity contribution is 0.670. The monoisotopic (exact) mass is 667 g/mol. The van der Waals surface area contributed by atoms with Gasteiger partial charge >= 0.3 is 0 Å². The van der Waals surface area contributed by atoms with E-state index in [2.05, 4.69) is 174 Å². The highest BCUT2D eigenvalue weighted by molar-refractivity contribution is 7.25. The number of rotatable bonds is 4. The minimum absolute atomic E-state index is 0.913. The lowest BCUT2D eigenvalue weighted by Crippen LogP contribution is -1.92. The van der Waals surface area contributed by atoms with Gasteiger partial charge in [-0.1, -0.05) is 103 Å². The van der Waals surface area contributed by atoms with Gasteiger partial charge in [-0.15, -0.1) is 11.3 Å². The van der Waals surface area contributed by atoms with Crippen molar-refractivity contribution in [3.8, 4) is 39.1 Å². The van der Waals surface area contributed by atoms with Crippen LogP contribution in [0.25, 0.3) is 103 Å². The van der Waals surface area contributed by atoms with Gasteiger partial charge < -0.3 is 8.98 Å². The van der Waals surface area contributed by atoms with E-state index in [-0.39, 0.29) is 0 Å². The van der Waals surface area contributed by atoms with Gasteiger partial charge in [0.25, 0.3) is 0 Å². The highest BCUT2D eigenvalue weighted by atomic mass is 32.1. The number of benzene rings is 8. The van der Waals surface area contributed by atoms with Crippen molar-refractivity contribution in [2.45, 2.75) is 0 Å². The summed E-state index contributed by atoms with van der Waals surface area (Å²) >= 11 is 1.86. The number of fused-ring (bicyclic) bond motifs is 9. The molecule has 0 N–H and O–H groups in total. The summed E-state index contributed by atoms with van der Waals surface area (Å²) < 4.78 is 11.4. The summed E-state index contributed by atoms with van der Waals surface area (Å²) in [5, 5.41) is 7.39. The van der Waals surface area contributed by atoms with E-state index < -0.39 is 0 Å². The highest BCUT2D eigenvalue weighted by Crippen LogP contribution is 2.43. The zero-order valence-corrected chi connectivity index (χ0v) is 28.3. The van der Waals surface area contributed by atoms with Gasteiger partial charge in [0.1, 0.15) is 11.2 Å². The topological polar surface area (TPSA) is 18.1 Å². The molecule has 0 radical (unpaired) electrons. The molecule has 11 rings (SSSR count). The van der Waals surface area contributed by atoms with E-state index in [1.807, 2.05) is 17.4 Å². The fourth-order valence-corrected chi connectivity index (χ4v) is 9.04.